The van der Waals surface area contributed by atoms with Gasteiger partial charge in [-0.2, -0.15) is 0 Å². The lowest BCUT2D eigenvalue weighted by molar-refractivity contribution is -0.115. The number of benzene rings is 1. The molecule has 1 aliphatic carbocycles. The quantitative estimate of drug-likeness (QED) is 0.704. The Hall–Kier alpha value is -1.41. The van der Waals surface area contributed by atoms with E-state index in [1.54, 1.807) is 0 Å². The molecule has 0 radical (unpaired) electrons. The van der Waals surface area contributed by atoms with E-state index < -0.39 is 0 Å². The van der Waals surface area contributed by atoms with E-state index in [1.807, 2.05) is 30.3 Å². The maximum Gasteiger partial charge on any atom is 0.160 e. The van der Waals surface area contributed by atoms with Crippen molar-refractivity contribution in [2.75, 3.05) is 0 Å². The van der Waals surface area contributed by atoms with Gasteiger partial charge in [-0.3, -0.25) is 4.79 Å². The maximum absolute atomic E-state index is 11.2. The first-order chi connectivity index (χ1) is 7.25. The van der Waals surface area contributed by atoms with Gasteiger partial charge in [-0.25, -0.2) is 0 Å². The number of Topliss-reactive ketones (excluding diaryl/α,β-unsaturated/α-hetero) is 1. The molecule has 0 heterocycles. The summed E-state index contributed by atoms with van der Waals surface area (Å²) in [5.74, 6) is 0.146. The van der Waals surface area contributed by atoms with Gasteiger partial charge in [-0.15, -0.1) is 0 Å². The molecular weight excluding hydrogens is 188 g/mol. The molecule has 1 saturated carbocycles. The van der Waals surface area contributed by atoms with Crippen LogP contribution in [0.2, 0.25) is 0 Å². The molecule has 1 atom stereocenters. The molecular formula is C13H14O2. The van der Waals surface area contributed by atoms with Crippen molar-refractivity contribution >= 4 is 5.78 Å². The second-order valence-electron chi connectivity index (χ2n) is 3.85. The van der Waals surface area contributed by atoms with Crippen molar-refractivity contribution in [1.29, 1.82) is 0 Å². The van der Waals surface area contributed by atoms with Crippen molar-refractivity contribution in [3.63, 3.8) is 0 Å². The van der Waals surface area contributed by atoms with Crippen molar-refractivity contribution in [2.45, 2.75) is 25.6 Å². The average molecular weight is 202 g/mol. The molecule has 0 amide bonds. The van der Waals surface area contributed by atoms with Gasteiger partial charge < -0.3 is 4.74 Å². The van der Waals surface area contributed by atoms with E-state index in [4.69, 9.17) is 4.74 Å². The molecule has 1 aromatic rings. The normalized spacial score (nSPS) is 20.9. The zero-order chi connectivity index (χ0) is 10.7. The van der Waals surface area contributed by atoms with Crippen molar-refractivity contribution in [3.8, 4) is 0 Å². The Morgan fingerprint density at radius 3 is 2.60 bits per heavy atom. The van der Waals surface area contributed by atoms with Crippen LogP contribution in [0, 0.1) is 0 Å². The number of rotatable bonds is 3. The minimum Gasteiger partial charge on any atom is -0.373 e. The highest BCUT2D eigenvalue weighted by molar-refractivity contribution is 5.97. The molecule has 0 aromatic heterocycles. The largest absolute Gasteiger partial charge is 0.373 e. The molecule has 1 fully saturated rings. The van der Waals surface area contributed by atoms with Gasteiger partial charge in [0.1, 0.15) is 0 Å². The van der Waals surface area contributed by atoms with Crippen LogP contribution in [0.5, 0.6) is 0 Å². The Morgan fingerprint density at radius 2 is 2.00 bits per heavy atom. The van der Waals surface area contributed by atoms with Crippen LogP contribution in [0.1, 0.15) is 18.4 Å². The molecule has 0 spiro atoms. The van der Waals surface area contributed by atoms with Gasteiger partial charge in [-0.05, 0) is 11.1 Å². The first kappa shape index (κ1) is 10.1. The smallest absolute Gasteiger partial charge is 0.160 e. The number of ketones is 1. The first-order valence-electron chi connectivity index (χ1n) is 5.12. The number of hydrogen-bond acceptors (Lipinski definition) is 2. The minimum absolute atomic E-state index is 0.0326. The third kappa shape index (κ3) is 2.54. The summed E-state index contributed by atoms with van der Waals surface area (Å²) < 4.78 is 5.65. The molecule has 2 rings (SSSR count). The lowest BCUT2D eigenvalue weighted by Gasteiger charge is -2.09. The molecule has 0 saturated heterocycles. The second-order valence-corrected chi connectivity index (χ2v) is 3.85. The number of hydrogen-bond donors (Lipinski definition) is 0. The summed E-state index contributed by atoms with van der Waals surface area (Å²) >= 11 is 0. The molecule has 0 bridgehead atoms. The van der Waals surface area contributed by atoms with Crippen molar-refractivity contribution in [2.24, 2.45) is 0 Å². The van der Waals surface area contributed by atoms with E-state index >= 15 is 0 Å². The molecule has 0 aliphatic heterocycles. The molecule has 15 heavy (non-hydrogen) atoms. The second kappa shape index (κ2) is 4.41. The highest BCUT2D eigenvalue weighted by Crippen LogP contribution is 2.23. The van der Waals surface area contributed by atoms with Gasteiger partial charge in [0.2, 0.25) is 0 Å². The molecule has 1 aromatic carbocycles. The number of carbonyl (C=O) groups is 1. The third-order valence-electron chi connectivity index (χ3n) is 2.61. The van der Waals surface area contributed by atoms with Gasteiger partial charge in [0.15, 0.2) is 5.78 Å². The Morgan fingerprint density at radius 1 is 1.27 bits per heavy atom. The highest BCUT2D eigenvalue weighted by Gasteiger charge is 2.26. The average Bonchev–Trinajstić information content (AvgIpc) is 2.57. The van der Waals surface area contributed by atoms with Crippen LogP contribution in [0.3, 0.4) is 0 Å². The van der Waals surface area contributed by atoms with E-state index in [-0.39, 0.29) is 11.9 Å². The van der Waals surface area contributed by atoms with Crippen LogP contribution in [0.25, 0.3) is 0 Å². The SMILES string of the molecule is C=C1CC(OCc2ccccc2)CC1=O. The van der Waals surface area contributed by atoms with Gasteiger partial charge in [0, 0.05) is 12.8 Å². The zero-order valence-corrected chi connectivity index (χ0v) is 8.61. The third-order valence-corrected chi connectivity index (χ3v) is 2.61. The fraction of sp³-hybridized carbons (Fsp3) is 0.308. The number of carbonyl (C=O) groups excluding carboxylic acids is 1. The van der Waals surface area contributed by atoms with E-state index in [0.717, 1.165) is 5.56 Å². The van der Waals surface area contributed by atoms with Gasteiger partial charge in [0.05, 0.1) is 12.7 Å². The molecule has 2 heteroatoms. The van der Waals surface area contributed by atoms with Crippen molar-refractivity contribution in [1.82, 2.24) is 0 Å². The lowest BCUT2D eigenvalue weighted by Crippen LogP contribution is -2.08. The van der Waals surface area contributed by atoms with Gasteiger partial charge in [-0.1, -0.05) is 36.9 Å². The lowest BCUT2D eigenvalue weighted by atomic mass is 10.2. The summed E-state index contributed by atoms with van der Waals surface area (Å²) in [6, 6.07) is 9.98. The van der Waals surface area contributed by atoms with Gasteiger partial charge >= 0.3 is 0 Å². The summed E-state index contributed by atoms with van der Waals surface area (Å²) in [5.41, 5.74) is 1.84. The Bertz CT molecular complexity index is 351. The summed E-state index contributed by atoms with van der Waals surface area (Å²) in [5, 5.41) is 0. The maximum atomic E-state index is 11.2. The molecule has 1 unspecified atom stereocenters. The summed E-state index contributed by atoms with van der Waals surface area (Å²) in [6.07, 6.45) is 1.21. The number of ether oxygens (including phenoxy) is 1. The van der Waals surface area contributed by atoms with E-state index in [0.29, 0.717) is 25.0 Å². The fourth-order valence-electron chi connectivity index (χ4n) is 1.72. The van der Waals surface area contributed by atoms with E-state index in [1.165, 1.54) is 0 Å². The van der Waals surface area contributed by atoms with Crippen molar-refractivity contribution < 1.29 is 9.53 Å². The predicted molar refractivity (Wildman–Crippen MR) is 58.4 cm³/mol. The highest BCUT2D eigenvalue weighted by atomic mass is 16.5. The topological polar surface area (TPSA) is 26.3 Å². The summed E-state index contributed by atoms with van der Waals surface area (Å²) in [4.78, 5) is 11.2. The van der Waals surface area contributed by atoms with Crippen LogP contribution in [-0.4, -0.2) is 11.9 Å². The van der Waals surface area contributed by atoms with Gasteiger partial charge in [0.25, 0.3) is 0 Å². The van der Waals surface area contributed by atoms with Crippen LogP contribution in [-0.2, 0) is 16.1 Å². The predicted octanol–water partition coefficient (Wildman–Crippen LogP) is 2.49. The van der Waals surface area contributed by atoms with Crippen LogP contribution in [0.4, 0.5) is 0 Å². The van der Waals surface area contributed by atoms with Crippen LogP contribution < -0.4 is 0 Å². The minimum atomic E-state index is 0.0326. The molecule has 1 aliphatic rings. The van der Waals surface area contributed by atoms with E-state index in [2.05, 4.69) is 6.58 Å². The summed E-state index contributed by atoms with van der Waals surface area (Å²) in [6.45, 7) is 4.29. The van der Waals surface area contributed by atoms with Crippen molar-refractivity contribution in [3.05, 3.63) is 48.0 Å². The van der Waals surface area contributed by atoms with Crippen LogP contribution in [0.15, 0.2) is 42.5 Å². The van der Waals surface area contributed by atoms with E-state index in [9.17, 15) is 4.79 Å². The Labute approximate surface area is 89.6 Å². The first-order valence-corrected chi connectivity index (χ1v) is 5.12. The fourth-order valence-corrected chi connectivity index (χ4v) is 1.72. The zero-order valence-electron chi connectivity index (χ0n) is 8.61. The Balaban J connectivity index is 1.85. The standard InChI is InChI=1S/C13H14O2/c1-10-7-12(8-13(10)14)15-9-11-5-3-2-4-6-11/h2-6,12H,1,7-9H2. The monoisotopic (exact) mass is 202 g/mol. The molecule has 2 nitrogen and oxygen atoms in total. The Kier molecular flexibility index (Phi) is 2.97. The molecule has 0 N–H and O–H groups in total. The summed E-state index contributed by atoms with van der Waals surface area (Å²) in [7, 11) is 0. The molecule has 78 valence electrons. The van der Waals surface area contributed by atoms with Crippen LogP contribution >= 0.6 is 0 Å².